The summed E-state index contributed by atoms with van der Waals surface area (Å²) in [6, 6.07) is 16.1. The SMILES string of the molecule is COc1cc(CN(CC2CCC(C(=O)O)CC2)C(C)c2ccc3c(c2)CCC3)ccc1OCCn1c(O)ccc1O. The summed E-state index contributed by atoms with van der Waals surface area (Å²) in [5.41, 5.74) is 5.39. The van der Waals surface area contributed by atoms with Crippen LogP contribution in [0.2, 0.25) is 0 Å². The third-order valence-corrected chi connectivity index (χ3v) is 8.96. The van der Waals surface area contributed by atoms with E-state index in [0.29, 0.717) is 24.0 Å². The quantitative estimate of drug-likeness (QED) is 0.251. The van der Waals surface area contributed by atoms with E-state index in [4.69, 9.17) is 9.47 Å². The number of carbonyl (C=O) groups is 1. The molecular formula is C33H42N2O6. The Morgan fingerprint density at radius 3 is 2.41 bits per heavy atom. The molecule has 1 saturated carbocycles. The van der Waals surface area contributed by atoms with Gasteiger partial charge in [0.1, 0.15) is 6.61 Å². The fraction of sp³-hybridized carbons (Fsp3) is 0.485. The molecule has 0 aliphatic heterocycles. The number of hydrogen-bond donors (Lipinski definition) is 3. The Hall–Kier alpha value is -3.65. The van der Waals surface area contributed by atoms with Crippen molar-refractivity contribution < 1.29 is 29.6 Å². The van der Waals surface area contributed by atoms with Crippen molar-refractivity contribution in [1.29, 1.82) is 0 Å². The first-order valence-electron chi connectivity index (χ1n) is 14.8. The molecule has 2 aliphatic rings. The number of hydrogen-bond acceptors (Lipinski definition) is 6. The molecule has 1 fully saturated rings. The molecule has 2 aromatic carbocycles. The number of nitrogens with zero attached hydrogens (tertiary/aromatic N) is 2. The first-order valence-corrected chi connectivity index (χ1v) is 14.8. The summed E-state index contributed by atoms with van der Waals surface area (Å²) in [6.07, 6.45) is 6.92. The van der Waals surface area contributed by atoms with Gasteiger partial charge in [0.05, 0.1) is 19.6 Å². The summed E-state index contributed by atoms with van der Waals surface area (Å²) < 4.78 is 13.0. The Bertz CT molecular complexity index is 1320. The van der Waals surface area contributed by atoms with E-state index in [0.717, 1.165) is 50.8 Å². The van der Waals surface area contributed by atoms with Gasteiger partial charge in [-0.3, -0.25) is 14.3 Å². The molecule has 5 rings (SSSR count). The van der Waals surface area contributed by atoms with Crippen molar-refractivity contribution in [3.05, 3.63) is 70.8 Å². The lowest BCUT2D eigenvalue weighted by Gasteiger charge is -2.35. The van der Waals surface area contributed by atoms with Crippen LogP contribution in [0.5, 0.6) is 23.3 Å². The summed E-state index contributed by atoms with van der Waals surface area (Å²) in [7, 11) is 1.63. The number of ether oxygens (including phenoxy) is 2. The number of aryl methyl sites for hydroxylation is 2. The minimum Gasteiger partial charge on any atom is -0.494 e. The van der Waals surface area contributed by atoms with Gasteiger partial charge in [-0.1, -0.05) is 24.3 Å². The molecule has 0 amide bonds. The van der Waals surface area contributed by atoms with Gasteiger partial charge < -0.3 is 24.8 Å². The molecule has 1 heterocycles. The van der Waals surface area contributed by atoms with Gasteiger partial charge in [-0.2, -0.15) is 0 Å². The highest BCUT2D eigenvalue weighted by atomic mass is 16.5. The largest absolute Gasteiger partial charge is 0.494 e. The summed E-state index contributed by atoms with van der Waals surface area (Å²) in [4.78, 5) is 14.0. The maximum absolute atomic E-state index is 11.5. The first kappa shape index (κ1) is 28.9. The zero-order chi connectivity index (χ0) is 28.9. The van der Waals surface area contributed by atoms with Crippen LogP contribution in [-0.4, -0.2) is 51.0 Å². The van der Waals surface area contributed by atoms with Crippen LogP contribution in [0.25, 0.3) is 0 Å². The highest BCUT2D eigenvalue weighted by Crippen LogP contribution is 2.35. The van der Waals surface area contributed by atoms with Crippen LogP contribution in [-0.2, 0) is 30.7 Å². The number of benzene rings is 2. The first-order chi connectivity index (χ1) is 19.8. The smallest absolute Gasteiger partial charge is 0.306 e. The molecule has 0 bridgehead atoms. The number of rotatable bonds is 12. The van der Waals surface area contributed by atoms with Crippen LogP contribution in [0.1, 0.15) is 67.3 Å². The summed E-state index contributed by atoms with van der Waals surface area (Å²) in [6.45, 7) is 4.48. The van der Waals surface area contributed by atoms with Gasteiger partial charge in [0.15, 0.2) is 23.3 Å². The van der Waals surface area contributed by atoms with Crippen molar-refractivity contribution in [2.45, 2.75) is 71.0 Å². The summed E-state index contributed by atoms with van der Waals surface area (Å²) in [5, 5.41) is 29.2. The van der Waals surface area contributed by atoms with Crippen LogP contribution in [0.15, 0.2) is 48.5 Å². The van der Waals surface area contributed by atoms with Gasteiger partial charge >= 0.3 is 5.97 Å². The highest BCUT2D eigenvalue weighted by Gasteiger charge is 2.29. The lowest BCUT2D eigenvalue weighted by atomic mass is 9.81. The second-order valence-corrected chi connectivity index (χ2v) is 11.6. The zero-order valence-corrected chi connectivity index (χ0v) is 24.1. The Morgan fingerprint density at radius 1 is 0.976 bits per heavy atom. The number of aromatic nitrogens is 1. The maximum atomic E-state index is 11.5. The monoisotopic (exact) mass is 562 g/mol. The second-order valence-electron chi connectivity index (χ2n) is 11.6. The number of carboxylic acid groups (broad SMARTS) is 1. The van der Waals surface area contributed by atoms with E-state index in [2.05, 4.69) is 36.1 Å². The normalized spacial score (nSPS) is 19.2. The Kier molecular flexibility index (Phi) is 9.08. The molecule has 41 heavy (non-hydrogen) atoms. The molecule has 3 aromatic rings. The van der Waals surface area contributed by atoms with Gasteiger partial charge in [0.2, 0.25) is 0 Å². The minimum atomic E-state index is -0.664. The van der Waals surface area contributed by atoms with Crippen molar-refractivity contribution in [1.82, 2.24) is 9.47 Å². The molecule has 8 nitrogen and oxygen atoms in total. The third-order valence-electron chi connectivity index (χ3n) is 8.96. The van der Waals surface area contributed by atoms with E-state index < -0.39 is 5.97 Å². The number of aliphatic carboxylic acids is 1. The van der Waals surface area contributed by atoms with E-state index in [1.54, 1.807) is 7.11 Å². The average molecular weight is 563 g/mol. The van der Waals surface area contributed by atoms with Gasteiger partial charge in [0.25, 0.3) is 0 Å². The maximum Gasteiger partial charge on any atom is 0.306 e. The number of methoxy groups -OCH3 is 1. The number of fused-ring (bicyclic) bond motifs is 1. The molecule has 1 aromatic heterocycles. The van der Waals surface area contributed by atoms with Crippen LogP contribution in [0.4, 0.5) is 0 Å². The van der Waals surface area contributed by atoms with Crippen LogP contribution in [0, 0.1) is 11.8 Å². The van der Waals surface area contributed by atoms with E-state index in [1.165, 1.54) is 46.2 Å². The van der Waals surface area contributed by atoms with Crippen LogP contribution in [0.3, 0.4) is 0 Å². The van der Waals surface area contributed by atoms with E-state index in [9.17, 15) is 20.1 Å². The molecule has 3 N–H and O–H groups in total. The topological polar surface area (TPSA) is 104 Å². The van der Waals surface area contributed by atoms with Gasteiger partial charge in [-0.15, -0.1) is 0 Å². The zero-order valence-electron chi connectivity index (χ0n) is 24.1. The second kappa shape index (κ2) is 12.9. The van der Waals surface area contributed by atoms with E-state index in [1.807, 2.05) is 12.1 Å². The van der Waals surface area contributed by atoms with Gasteiger partial charge in [-0.05, 0) is 92.2 Å². The summed E-state index contributed by atoms with van der Waals surface area (Å²) in [5.74, 6) is 0.806. The molecule has 1 unspecified atom stereocenters. The third kappa shape index (κ3) is 6.81. The molecule has 2 aliphatic carbocycles. The van der Waals surface area contributed by atoms with Crippen molar-refractivity contribution in [3.8, 4) is 23.3 Å². The molecule has 8 heteroatoms. The van der Waals surface area contributed by atoms with Crippen molar-refractivity contribution in [2.24, 2.45) is 11.8 Å². The van der Waals surface area contributed by atoms with E-state index in [-0.39, 0.29) is 30.3 Å². The van der Waals surface area contributed by atoms with Gasteiger partial charge in [-0.25, -0.2) is 0 Å². The number of carboxylic acids is 1. The molecule has 0 spiro atoms. The number of aromatic hydroxyl groups is 2. The lowest BCUT2D eigenvalue weighted by Crippen LogP contribution is -2.34. The van der Waals surface area contributed by atoms with Crippen molar-refractivity contribution >= 4 is 5.97 Å². The van der Waals surface area contributed by atoms with Crippen LogP contribution >= 0.6 is 0 Å². The predicted octanol–water partition coefficient (Wildman–Crippen LogP) is 5.93. The van der Waals surface area contributed by atoms with Crippen LogP contribution < -0.4 is 9.47 Å². The molecule has 0 radical (unpaired) electrons. The fourth-order valence-electron chi connectivity index (χ4n) is 6.43. The molecule has 220 valence electrons. The highest BCUT2D eigenvalue weighted by molar-refractivity contribution is 5.70. The van der Waals surface area contributed by atoms with Gasteiger partial charge in [0, 0.05) is 31.3 Å². The fourth-order valence-corrected chi connectivity index (χ4v) is 6.43. The molecule has 1 atom stereocenters. The standard InChI is InChI=1S/C33H42N2O6/c1-22(27-12-11-25-4-3-5-28(25)19-27)34(20-23-6-9-26(10-7-23)33(38)39)21-24-8-13-29(30(18-24)40-2)41-17-16-35-31(36)14-15-32(35)37/h8,11-15,18-19,22-23,26,36-37H,3-7,9-10,16-17,20-21H2,1-2H3,(H,38,39). The Morgan fingerprint density at radius 2 is 1.71 bits per heavy atom. The minimum absolute atomic E-state index is 0.0116. The van der Waals surface area contributed by atoms with E-state index >= 15 is 0 Å². The molecular weight excluding hydrogens is 520 g/mol. The lowest BCUT2D eigenvalue weighted by molar-refractivity contribution is -0.143. The van der Waals surface area contributed by atoms with Crippen molar-refractivity contribution in [2.75, 3.05) is 20.3 Å². The average Bonchev–Trinajstić information content (AvgIpc) is 3.58. The Balaban J connectivity index is 1.30. The van der Waals surface area contributed by atoms with Crippen molar-refractivity contribution in [3.63, 3.8) is 0 Å². The summed E-state index contributed by atoms with van der Waals surface area (Å²) >= 11 is 0. The Labute approximate surface area is 242 Å². The predicted molar refractivity (Wildman–Crippen MR) is 157 cm³/mol. The molecule has 0 saturated heterocycles.